The first kappa shape index (κ1) is 13.0. The summed E-state index contributed by atoms with van der Waals surface area (Å²) in [6.07, 6.45) is -1.20. The van der Waals surface area contributed by atoms with Gasteiger partial charge in [0, 0.05) is 5.69 Å². The predicted octanol–water partition coefficient (Wildman–Crippen LogP) is -0.0274. The first-order chi connectivity index (χ1) is 8.00. The summed E-state index contributed by atoms with van der Waals surface area (Å²) in [6, 6.07) is 7.97. The Labute approximate surface area is 98.8 Å². The summed E-state index contributed by atoms with van der Waals surface area (Å²) >= 11 is 0. The number of anilines is 1. The minimum Gasteiger partial charge on any atom is -0.478 e. The highest BCUT2D eigenvalue weighted by atomic mass is 16.4. The molecule has 0 fully saturated rings. The Morgan fingerprint density at radius 1 is 1.29 bits per heavy atom. The number of carboxylic acids is 1. The summed E-state index contributed by atoms with van der Waals surface area (Å²) in [4.78, 5) is 22.3. The smallest absolute Gasteiger partial charge is 0.347 e. The molecule has 0 saturated heterocycles. The standard InChI is InChI=1S/C11H15N3O3/c1-7(12)10(15)14-9(11(16)17)13-8-5-3-2-4-6-8/h2-7,9,13H,12H2,1H3,(H,14,15)(H,16,17). The lowest BCUT2D eigenvalue weighted by Crippen LogP contribution is -2.51. The van der Waals surface area contributed by atoms with Crippen molar-refractivity contribution in [3.05, 3.63) is 30.3 Å². The van der Waals surface area contributed by atoms with Gasteiger partial charge in [-0.25, -0.2) is 4.79 Å². The normalized spacial score (nSPS) is 13.5. The van der Waals surface area contributed by atoms with Gasteiger partial charge in [-0.05, 0) is 19.1 Å². The summed E-state index contributed by atoms with van der Waals surface area (Å²) in [6.45, 7) is 1.48. The van der Waals surface area contributed by atoms with Crippen LogP contribution in [0.5, 0.6) is 0 Å². The second kappa shape index (κ2) is 5.86. The molecule has 1 aromatic carbocycles. The van der Waals surface area contributed by atoms with E-state index in [4.69, 9.17) is 10.8 Å². The number of benzene rings is 1. The Kier molecular flexibility index (Phi) is 4.47. The van der Waals surface area contributed by atoms with Gasteiger partial charge in [0.05, 0.1) is 6.04 Å². The van der Waals surface area contributed by atoms with Crippen molar-refractivity contribution in [1.82, 2.24) is 5.32 Å². The Hall–Kier alpha value is -2.08. The summed E-state index contributed by atoms with van der Waals surface area (Å²) < 4.78 is 0. The number of carbonyl (C=O) groups is 2. The van der Waals surface area contributed by atoms with Crippen molar-refractivity contribution in [3.8, 4) is 0 Å². The molecule has 6 heteroatoms. The van der Waals surface area contributed by atoms with Gasteiger partial charge in [0.2, 0.25) is 5.91 Å². The van der Waals surface area contributed by atoms with Crippen LogP contribution in [0, 0.1) is 0 Å². The van der Waals surface area contributed by atoms with Crippen LogP contribution in [0.1, 0.15) is 6.92 Å². The molecule has 92 valence electrons. The van der Waals surface area contributed by atoms with Crippen molar-refractivity contribution >= 4 is 17.6 Å². The van der Waals surface area contributed by atoms with E-state index < -0.39 is 24.1 Å². The van der Waals surface area contributed by atoms with E-state index in [2.05, 4.69) is 10.6 Å². The Balaban J connectivity index is 2.68. The number of carbonyl (C=O) groups excluding carboxylic acids is 1. The number of amides is 1. The molecule has 2 atom stereocenters. The van der Waals surface area contributed by atoms with Crippen molar-refractivity contribution < 1.29 is 14.7 Å². The molecule has 0 saturated carbocycles. The van der Waals surface area contributed by atoms with Crippen LogP contribution in [0.15, 0.2) is 30.3 Å². The minimum atomic E-state index is -1.20. The zero-order valence-corrected chi connectivity index (χ0v) is 9.38. The SMILES string of the molecule is CC(N)C(=O)NC(Nc1ccccc1)C(=O)O. The molecule has 0 aliphatic carbocycles. The highest BCUT2D eigenvalue weighted by Gasteiger charge is 2.20. The predicted molar refractivity (Wildman–Crippen MR) is 63.3 cm³/mol. The maximum absolute atomic E-state index is 11.3. The molecule has 0 radical (unpaired) electrons. The fraction of sp³-hybridized carbons (Fsp3) is 0.273. The molecule has 1 rings (SSSR count). The largest absolute Gasteiger partial charge is 0.478 e. The van der Waals surface area contributed by atoms with Gasteiger partial charge in [0.25, 0.3) is 0 Å². The molecular formula is C11H15N3O3. The number of hydrogen-bond donors (Lipinski definition) is 4. The van der Waals surface area contributed by atoms with E-state index >= 15 is 0 Å². The van der Waals surface area contributed by atoms with Crippen molar-refractivity contribution in [1.29, 1.82) is 0 Å². The molecule has 1 amide bonds. The molecule has 0 aromatic heterocycles. The van der Waals surface area contributed by atoms with E-state index in [-0.39, 0.29) is 0 Å². The summed E-state index contributed by atoms with van der Waals surface area (Å²) in [5, 5.41) is 13.9. The summed E-state index contributed by atoms with van der Waals surface area (Å²) in [7, 11) is 0. The Morgan fingerprint density at radius 2 is 1.88 bits per heavy atom. The zero-order chi connectivity index (χ0) is 12.8. The first-order valence-electron chi connectivity index (χ1n) is 5.11. The van der Waals surface area contributed by atoms with Crippen molar-refractivity contribution in [3.63, 3.8) is 0 Å². The molecule has 0 bridgehead atoms. The number of nitrogens with two attached hydrogens (primary N) is 1. The highest BCUT2D eigenvalue weighted by Crippen LogP contribution is 2.06. The second-order valence-corrected chi connectivity index (χ2v) is 3.58. The number of rotatable bonds is 5. The van der Waals surface area contributed by atoms with Crippen LogP contribution in [0.25, 0.3) is 0 Å². The molecule has 0 aliphatic rings. The lowest BCUT2D eigenvalue weighted by Gasteiger charge is -2.18. The lowest BCUT2D eigenvalue weighted by atomic mass is 10.3. The number of para-hydroxylation sites is 1. The third kappa shape index (κ3) is 4.12. The lowest BCUT2D eigenvalue weighted by molar-refractivity contribution is -0.141. The van der Waals surface area contributed by atoms with E-state index in [0.717, 1.165) is 0 Å². The van der Waals surface area contributed by atoms with E-state index in [1.165, 1.54) is 6.92 Å². The van der Waals surface area contributed by atoms with Crippen molar-refractivity contribution in [2.75, 3.05) is 5.32 Å². The van der Waals surface area contributed by atoms with E-state index in [1.54, 1.807) is 24.3 Å². The third-order valence-corrected chi connectivity index (χ3v) is 2.03. The van der Waals surface area contributed by atoms with E-state index in [9.17, 15) is 9.59 Å². The molecule has 1 aromatic rings. The molecule has 17 heavy (non-hydrogen) atoms. The van der Waals surface area contributed by atoms with Crippen LogP contribution in [-0.4, -0.2) is 29.2 Å². The Morgan fingerprint density at radius 3 is 2.35 bits per heavy atom. The van der Waals surface area contributed by atoms with Gasteiger partial charge < -0.3 is 21.5 Å². The number of aliphatic carboxylic acids is 1. The van der Waals surface area contributed by atoms with Crippen LogP contribution in [0.3, 0.4) is 0 Å². The summed E-state index contributed by atoms with van der Waals surface area (Å²) in [5.41, 5.74) is 5.95. The average Bonchev–Trinajstić information content (AvgIpc) is 2.29. The minimum absolute atomic E-state index is 0.527. The number of nitrogens with one attached hydrogen (secondary N) is 2. The molecule has 0 spiro atoms. The average molecular weight is 237 g/mol. The van der Waals surface area contributed by atoms with Gasteiger partial charge in [-0.1, -0.05) is 18.2 Å². The molecule has 0 heterocycles. The van der Waals surface area contributed by atoms with E-state index in [0.29, 0.717) is 5.69 Å². The van der Waals surface area contributed by atoms with Crippen molar-refractivity contribution in [2.24, 2.45) is 5.73 Å². The molecule has 6 nitrogen and oxygen atoms in total. The third-order valence-electron chi connectivity index (χ3n) is 2.03. The maximum Gasteiger partial charge on any atom is 0.347 e. The van der Waals surface area contributed by atoms with Crippen molar-refractivity contribution in [2.45, 2.75) is 19.1 Å². The molecule has 2 unspecified atom stereocenters. The van der Waals surface area contributed by atoms with Crippen LogP contribution in [0.2, 0.25) is 0 Å². The monoisotopic (exact) mass is 237 g/mol. The van der Waals surface area contributed by atoms with Gasteiger partial charge in [-0.2, -0.15) is 0 Å². The van der Waals surface area contributed by atoms with Gasteiger partial charge >= 0.3 is 5.97 Å². The topological polar surface area (TPSA) is 104 Å². The maximum atomic E-state index is 11.3. The van der Waals surface area contributed by atoms with Crippen LogP contribution in [-0.2, 0) is 9.59 Å². The van der Waals surface area contributed by atoms with Gasteiger partial charge in [0.1, 0.15) is 0 Å². The Bertz CT molecular complexity index is 392. The molecular weight excluding hydrogens is 222 g/mol. The van der Waals surface area contributed by atoms with Crippen LogP contribution >= 0.6 is 0 Å². The number of hydrogen-bond acceptors (Lipinski definition) is 4. The first-order valence-corrected chi connectivity index (χ1v) is 5.11. The zero-order valence-electron chi connectivity index (χ0n) is 9.38. The molecule has 5 N–H and O–H groups in total. The van der Waals surface area contributed by atoms with Crippen LogP contribution < -0.4 is 16.4 Å². The van der Waals surface area contributed by atoms with Gasteiger partial charge in [0.15, 0.2) is 6.17 Å². The van der Waals surface area contributed by atoms with Crippen LogP contribution in [0.4, 0.5) is 5.69 Å². The van der Waals surface area contributed by atoms with E-state index in [1.807, 2.05) is 6.07 Å². The van der Waals surface area contributed by atoms with Gasteiger partial charge in [-0.3, -0.25) is 4.79 Å². The fourth-order valence-corrected chi connectivity index (χ4v) is 1.13. The highest BCUT2D eigenvalue weighted by molar-refractivity contribution is 5.87. The molecule has 0 aliphatic heterocycles. The fourth-order valence-electron chi connectivity index (χ4n) is 1.13. The number of carboxylic acid groups (broad SMARTS) is 1. The second-order valence-electron chi connectivity index (χ2n) is 3.58. The van der Waals surface area contributed by atoms with Gasteiger partial charge in [-0.15, -0.1) is 0 Å². The summed E-state index contributed by atoms with van der Waals surface area (Å²) in [5.74, 6) is -1.70. The quantitative estimate of drug-likeness (QED) is 0.538.